The lowest BCUT2D eigenvalue weighted by molar-refractivity contribution is 0.0697. The zero-order valence-electron chi connectivity index (χ0n) is 14.3. The maximum absolute atomic E-state index is 12.9. The van der Waals surface area contributed by atoms with Gasteiger partial charge in [-0.2, -0.15) is 0 Å². The van der Waals surface area contributed by atoms with Crippen LogP contribution < -0.4 is 9.62 Å². The number of hydrogen-bond donors (Lipinski definition) is 2. The van der Waals surface area contributed by atoms with Gasteiger partial charge in [-0.05, 0) is 36.4 Å². The summed E-state index contributed by atoms with van der Waals surface area (Å²) in [6.07, 6.45) is 0. The lowest BCUT2D eigenvalue weighted by Gasteiger charge is -2.17. The van der Waals surface area contributed by atoms with E-state index in [1.807, 2.05) is 37.2 Å². The van der Waals surface area contributed by atoms with E-state index in [0.717, 1.165) is 11.1 Å². The van der Waals surface area contributed by atoms with Crippen LogP contribution in [-0.4, -0.2) is 33.6 Å². The molecule has 0 radical (unpaired) electrons. The normalized spacial score (nSPS) is 11.3. The monoisotopic (exact) mass is 370 g/mol. The summed E-state index contributed by atoms with van der Waals surface area (Å²) in [4.78, 5) is 13.0. The number of benzene rings is 3. The number of nitrogens with one attached hydrogen (secondary N) is 1. The maximum Gasteiger partial charge on any atom is 0.335 e. The fourth-order valence-electron chi connectivity index (χ4n) is 2.78. The second-order valence-electron chi connectivity index (χ2n) is 6.01. The van der Waals surface area contributed by atoms with Crippen LogP contribution in [0.3, 0.4) is 0 Å². The minimum atomic E-state index is -3.83. The molecule has 0 unspecified atom stereocenters. The molecule has 134 valence electrons. The average molecular weight is 370 g/mol. The molecular formula is C19H18N2O4S. The van der Waals surface area contributed by atoms with Crippen molar-refractivity contribution >= 4 is 38.1 Å². The molecule has 0 saturated carbocycles. The number of nitrogens with zero attached hydrogens (tertiary/aromatic N) is 1. The molecule has 0 aliphatic heterocycles. The molecule has 0 aliphatic rings. The van der Waals surface area contributed by atoms with Gasteiger partial charge in [0.05, 0.1) is 10.5 Å². The van der Waals surface area contributed by atoms with Crippen LogP contribution in [0.1, 0.15) is 10.4 Å². The maximum atomic E-state index is 12.9. The van der Waals surface area contributed by atoms with E-state index in [-0.39, 0.29) is 10.5 Å². The van der Waals surface area contributed by atoms with Crippen molar-refractivity contribution in [3.8, 4) is 0 Å². The van der Waals surface area contributed by atoms with Gasteiger partial charge in [0.2, 0.25) is 0 Å². The van der Waals surface area contributed by atoms with E-state index in [0.29, 0.717) is 11.1 Å². The zero-order valence-corrected chi connectivity index (χ0v) is 15.1. The Morgan fingerprint density at radius 3 is 2.15 bits per heavy atom. The van der Waals surface area contributed by atoms with Crippen LogP contribution >= 0.6 is 0 Å². The van der Waals surface area contributed by atoms with E-state index in [2.05, 4.69) is 4.72 Å². The van der Waals surface area contributed by atoms with E-state index in [4.69, 9.17) is 5.11 Å². The molecule has 3 rings (SSSR count). The molecule has 0 fully saturated rings. The number of fused-ring (bicyclic) bond motifs is 1. The van der Waals surface area contributed by atoms with Crippen LogP contribution in [0.4, 0.5) is 11.4 Å². The number of aromatic carboxylic acids is 1. The van der Waals surface area contributed by atoms with Crippen LogP contribution in [-0.2, 0) is 10.0 Å². The van der Waals surface area contributed by atoms with Crippen molar-refractivity contribution in [3.63, 3.8) is 0 Å². The molecule has 2 N–H and O–H groups in total. The molecule has 26 heavy (non-hydrogen) atoms. The van der Waals surface area contributed by atoms with Gasteiger partial charge < -0.3 is 10.0 Å². The molecule has 0 atom stereocenters. The summed E-state index contributed by atoms with van der Waals surface area (Å²) in [6, 6.07) is 16.2. The fourth-order valence-corrected chi connectivity index (χ4v) is 4.06. The van der Waals surface area contributed by atoms with Crippen molar-refractivity contribution in [1.29, 1.82) is 0 Å². The van der Waals surface area contributed by atoms with Crippen LogP contribution in [0.5, 0.6) is 0 Å². The Morgan fingerprint density at radius 1 is 0.923 bits per heavy atom. The van der Waals surface area contributed by atoms with Crippen LogP contribution in [0, 0.1) is 0 Å². The molecule has 6 nitrogen and oxygen atoms in total. The lowest BCUT2D eigenvalue weighted by atomic mass is 10.1. The Kier molecular flexibility index (Phi) is 4.56. The first-order valence-electron chi connectivity index (χ1n) is 7.85. The Labute approximate surface area is 151 Å². The van der Waals surface area contributed by atoms with Crippen molar-refractivity contribution in [1.82, 2.24) is 0 Å². The van der Waals surface area contributed by atoms with E-state index in [1.165, 1.54) is 24.3 Å². The number of carboxylic acid groups (broad SMARTS) is 1. The fraction of sp³-hybridized carbons (Fsp3) is 0.105. The average Bonchev–Trinajstić information content (AvgIpc) is 2.60. The summed E-state index contributed by atoms with van der Waals surface area (Å²) in [7, 11) is -0.0294. The lowest BCUT2D eigenvalue weighted by Crippen LogP contribution is -2.14. The summed E-state index contributed by atoms with van der Waals surface area (Å²) in [5.41, 5.74) is 1.31. The molecule has 3 aromatic rings. The number of hydrogen-bond acceptors (Lipinski definition) is 4. The number of carbonyl (C=O) groups is 1. The minimum Gasteiger partial charge on any atom is -0.478 e. The SMILES string of the molecule is CN(C)c1cccc2c(S(=O)(=O)Nc3ccc(C(=O)O)cc3)cccc12. The van der Waals surface area contributed by atoms with Crippen molar-refractivity contribution in [3.05, 3.63) is 66.2 Å². The van der Waals surface area contributed by atoms with Crippen molar-refractivity contribution in [2.75, 3.05) is 23.7 Å². The molecule has 0 heterocycles. The first-order valence-corrected chi connectivity index (χ1v) is 9.33. The molecule has 0 amide bonds. The molecule has 0 aromatic heterocycles. The number of rotatable bonds is 5. The van der Waals surface area contributed by atoms with Crippen molar-refractivity contribution in [2.24, 2.45) is 0 Å². The first kappa shape index (κ1) is 17.8. The van der Waals surface area contributed by atoms with E-state index in [1.54, 1.807) is 18.2 Å². The first-order chi connectivity index (χ1) is 12.3. The van der Waals surface area contributed by atoms with E-state index in [9.17, 15) is 13.2 Å². The zero-order chi connectivity index (χ0) is 18.9. The quantitative estimate of drug-likeness (QED) is 0.719. The van der Waals surface area contributed by atoms with Gasteiger partial charge in [0, 0.05) is 36.2 Å². The van der Waals surface area contributed by atoms with Crippen LogP contribution in [0.15, 0.2) is 65.6 Å². The Morgan fingerprint density at radius 2 is 1.54 bits per heavy atom. The van der Waals surface area contributed by atoms with E-state index >= 15 is 0 Å². The highest BCUT2D eigenvalue weighted by molar-refractivity contribution is 7.93. The highest BCUT2D eigenvalue weighted by Crippen LogP contribution is 2.31. The molecule has 0 aliphatic carbocycles. The van der Waals surface area contributed by atoms with Crippen LogP contribution in [0.25, 0.3) is 10.8 Å². The highest BCUT2D eigenvalue weighted by Gasteiger charge is 2.19. The largest absolute Gasteiger partial charge is 0.478 e. The summed E-state index contributed by atoms with van der Waals surface area (Å²) >= 11 is 0. The van der Waals surface area contributed by atoms with Crippen LogP contribution in [0.2, 0.25) is 0 Å². The summed E-state index contributed by atoms with van der Waals surface area (Å²) in [5.74, 6) is -1.07. The molecule has 0 saturated heterocycles. The second kappa shape index (κ2) is 6.68. The molecule has 0 bridgehead atoms. The third-order valence-corrected chi connectivity index (χ3v) is 5.45. The number of anilines is 2. The van der Waals surface area contributed by atoms with Gasteiger partial charge in [-0.3, -0.25) is 4.72 Å². The van der Waals surface area contributed by atoms with Crippen molar-refractivity contribution < 1.29 is 18.3 Å². The number of sulfonamides is 1. The molecular weight excluding hydrogens is 352 g/mol. The van der Waals surface area contributed by atoms with Gasteiger partial charge in [-0.25, -0.2) is 13.2 Å². The molecule has 3 aromatic carbocycles. The van der Waals surface area contributed by atoms with Gasteiger partial charge in [0.25, 0.3) is 10.0 Å². The summed E-state index contributed by atoms with van der Waals surface area (Å²) in [6.45, 7) is 0. The Balaban J connectivity index is 2.04. The Bertz CT molecular complexity index is 1070. The second-order valence-corrected chi connectivity index (χ2v) is 7.66. The predicted octanol–water partition coefficient (Wildman–Crippen LogP) is 3.40. The predicted molar refractivity (Wildman–Crippen MR) is 102 cm³/mol. The van der Waals surface area contributed by atoms with Gasteiger partial charge in [0.1, 0.15) is 0 Å². The van der Waals surface area contributed by atoms with Gasteiger partial charge >= 0.3 is 5.97 Å². The smallest absolute Gasteiger partial charge is 0.335 e. The Hall–Kier alpha value is -3.06. The third kappa shape index (κ3) is 3.34. The summed E-state index contributed by atoms with van der Waals surface area (Å²) < 4.78 is 28.3. The highest BCUT2D eigenvalue weighted by atomic mass is 32.2. The van der Waals surface area contributed by atoms with Gasteiger partial charge in [0.15, 0.2) is 0 Å². The van der Waals surface area contributed by atoms with Gasteiger partial charge in [-0.15, -0.1) is 0 Å². The summed E-state index contributed by atoms with van der Waals surface area (Å²) in [5, 5.41) is 10.4. The number of carboxylic acids is 1. The minimum absolute atomic E-state index is 0.0914. The third-order valence-electron chi connectivity index (χ3n) is 4.01. The van der Waals surface area contributed by atoms with E-state index < -0.39 is 16.0 Å². The molecule has 0 spiro atoms. The van der Waals surface area contributed by atoms with Crippen molar-refractivity contribution in [2.45, 2.75) is 4.90 Å². The molecule has 7 heteroatoms. The standard InChI is InChI=1S/C19H18N2O4S/c1-21(2)17-7-3-6-16-15(17)5-4-8-18(16)26(24,25)20-14-11-9-13(10-12-14)19(22)23/h3-12,20H,1-2H3,(H,22,23). The topological polar surface area (TPSA) is 86.7 Å². The van der Waals surface area contributed by atoms with Gasteiger partial charge in [-0.1, -0.05) is 24.3 Å².